The van der Waals surface area contributed by atoms with Crippen LogP contribution < -0.4 is 5.43 Å². The van der Waals surface area contributed by atoms with Gasteiger partial charge in [0.05, 0.1) is 11.1 Å². The second-order valence-electron chi connectivity index (χ2n) is 6.91. The van der Waals surface area contributed by atoms with Crippen LogP contribution in [-0.2, 0) is 11.3 Å². The van der Waals surface area contributed by atoms with Crippen LogP contribution in [0, 0.1) is 16.0 Å². The molecule has 1 saturated heterocycles. The fourth-order valence-corrected chi connectivity index (χ4v) is 3.48. The molecule has 0 saturated carbocycles. The Hall–Kier alpha value is -2.78. The zero-order valence-electron chi connectivity index (χ0n) is 15.6. The predicted molar refractivity (Wildman–Crippen MR) is 113 cm³/mol. The average molecular weight is 461 g/mol. The van der Waals surface area contributed by atoms with Crippen LogP contribution in [0.5, 0.6) is 5.75 Å². The fourth-order valence-electron chi connectivity index (χ4n) is 3.22. The number of nitro groups is 1. The summed E-state index contributed by atoms with van der Waals surface area (Å²) in [6.07, 6.45) is 2.68. The van der Waals surface area contributed by atoms with Crippen molar-refractivity contribution in [1.82, 2.24) is 10.3 Å². The quantitative estimate of drug-likeness (QED) is 0.390. The third kappa shape index (κ3) is 5.85. The van der Waals surface area contributed by atoms with Gasteiger partial charge in [0.15, 0.2) is 0 Å². The number of likely N-dealkylation sites (tertiary alicyclic amines) is 1. The smallest absolute Gasteiger partial charge is 0.270 e. The molecular formula is C20H21BrN4O4. The van der Waals surface area contributed by atoms with E-state index in [4.69, 9.17) is 0 Å². The van der Waals surface area contributed by atoms with Crippen LogP contribution in [0.2, 0.25) is 0 Å². The lowest BCUT2D eigenvalue weighted by molar-refractivity contribution is -0.384. The number of nitrogens with zero attached hydrogens (tertiary/aromatic N) is 3. The molecule has 0 aromatic heterocycles. The number of rotatable bonds is 6. The van der Waals surface area contributed by atoms with E-state index in [1.807, 2.05) is 12.1 Å². The monoisotopic (exact) mass is 460 g/mol. The molecule has 9 heteroatoms. The molecular weight excluding hydrogens is 440 g/mol. The highest BCUT2D eigenvalue weighted by Crippen LogP contribution is 2.22. The second kappa shape index (κ2) is 9.62. The van der Waals surface area contributed by atoms with E-state index < -0.39 is 4.92 Å². The minimum absolute atomic E-state index is 0.132. The lowest BCUT2D eigenvalue weighted by Crippen LogP contribution is -2.39. The summed E-state index contributed by atoms with van der Waals surface area (Å²) in [4.78, 5) is 24.9. The summed E-state index contributed by atoms with van der Waals surface area (Å²) >= 11 is 3.43. The molecule has 3 rings (SSSR count). The number of nitro benzene ring substituents is 1. The molecule has 1 aliphatic heterocycles. The molecule has 152 valence electrons. The minimum atomic E-state index is -0.558. The Labute approximate surface area is 176 Å². The molecule has 0 spiro atoms. The predicted octanol–water partition coefficient (Wildman–Crippen LogP) is 3.43. The van der Waals surface area contributed by atoms with Crippen LogP contribution in [0.4, 0.5) is 5.69 Å². The number of non-ortho nitro benzene ring substituents is 1. The average Bonchev–Trinajstić information content (AvgIpc) is 2.71. The topological polar surface area (TPSA) is 108 Å². The third-order valence-electron chi connectivity index (χ3n) is 4.88. The molecule has 2 aromatic carbocycles. The number of hydrazone groups is 1. The maximum Gasteiger partial charge on any atom is 0.270 e. The van der Waals surface area contributed by atoms with E-state index in [0.29, 0.717) is 0 Å². The number of phenolic OH excluding ortho intramolecular Hbond substituents is 1. The van der Waals surface area contributed by atoms with Gasteiger partial charge in [0.2, 0.25) is 5.91 Å². The zero-order valence-corrected chi connectivity index (χ0v) is 17.2. The van der Waals surface area contributed by atoms with Crippen LogP contribution in [0.3, 0.4) is 0 Å². The summed E-state index contributed by atoms with van der Waals surface area (Å²) in [6.45, 7) is 2.50. The normalized spacial score (nSPS) is 15.5. The summed E-state index contributed by atoms with van der Waals surface area (Å²) in [5.41, 5.74) is 3.72. The van der Waals surface area contributed by atoms with Gasteiger partial charge in [0.25, 0.3) is 5.69 Å². The second-order valence-corrected chi connectivity index (χ2v) is 7.83. The molecule has 1 heterocycles. The van der Waals surface area contributed by atoms with Gasteiger partial charge in [-0.1, -0.05) is 28.1 Å². The molecule has 1 aliphatic rings. The third-order valence-corrected chi connectivity index (χ3v) is 5.41. The number of piperidine rings is 1. The molecule has 0 bridgehead atoms. The summed E-state index contributed by atoms with van der Waals surface area (Å²) in [6, 6.07) is 11.8. The Morgan fingerprint density at radius 3 is 2.62 bits per heavy atom. The Morgan fingerprint density at radius 2 is 1.97 bits per heavy atom. The maximum atomic E-state index is 12.3. The molecule has 1 amide bonds. The zero-order chi connectivity index (χ0) is 20.8. The van der Waals surface area contributed by atoms with E-state index in [-0.39, 0.29) is 28.8 Å². The molecule has 1 fully saturated rings. The summed E-state index contributed by atoms with van der Waals surface area (Å²) in [5.74, 6) is -0.462. The first-order valence-electron chi connectivity index (χ1n) is 9.19. The van der Waals surface area contributed by atoms with Crippen LogP contribution in [0.1, 0.15) is 24.0 Å². The number of benzene rings is 2. The van der Waals surface area contributed by atoms with Crippen molar-refractivity contribution in [3.8, 4) is 5.75 Å². The summed E-state index contributed by atoms with van der Waals surface area (Å²) in [5, 5.41) is 24.4. The van der Waals surface area contributed by atoms with Crippen LogP contribution in [0.15, 0.2) is 52.0 Å². The number of aromatic hydroxyl groups is 1. The van der Waals surface area contributed by atoms with Crippen LogP contribution in [0.25, 0.3) is 0 Å². The first-order valence-corrected chi connectivity index (χ1v) is 9.99. The van der Waals surface area contributed by atoms with Gasteiger partial charge in [0.1, 0.15) is 5.75 Å². The number of nitrogens with one attached hydrogen (secondary N) is 1. The van der Waals surface area contributed by atoms with Crippen molar-refractivity contribution in [2.75, 3.05) is 13.1 Å². The number of carbonyl (C=O) groups excluding carboxylic acids is 1. The van der Waals surface area contributed by atoms with E-state index >= 15 is 0 Å². The number of hydrogen-bond acceptors (Lipinski definition) is 6. The number of halogens is 1. The Balaban J connectivity index is 1.48. The first kappa shape index (κ1) is 20.9. The Morgan fingerprint density at radius 1 is 1.28 bits per heavy atom. The molecule has 2 N–H and O–H groups in total. The van der Waals surface area contributed by atoms with Crippen LogP contribution in [-0.4, -0.2) is 40.1 Å². The van der Waals surface area contributed by atoms with E-state index in [1.54, 1.807) is 0 Å². The number of carbonyl (C=O) groups is 1. The van der Waals surface area contributed by atoms with Crippen molar-refractivity contribution in [2.45, 2.75) is 19.4 Å². The van der Waals surface area contributed by atoms with Crippen molar-refractivity contribution in [3.05, 3.63) is 68.2 Å². The molecule has 29 heavy (non-hydrogen) atoms. The summed E-state index contributed by atoms with van der Waals surface area (Å²) in [7, 11) is 0. The molecule has 8 nitrogen and oxygen atoms in total. The first-order chi connectivity index (χ1) is 13.9. The van der Waals surface area contributed by atoms with Crippen molar-refractivity contribution in [3.63, 3.8) is 0 Å². The van der Waals surface area contributed by atoms with Crippen molar-refractivity contribution in [2.24, 2.45) is 11.0 Å². The van der Waals surface area contributed by atoms with Gasteiger partial charge in [0, 0.05) is 34.6 Å². The van der Waals surface area contributed by atoms with Crippen molar-refractivity contribution in [1.29, 1.82) is 0 Å². The van der Waals surface area contributed by atoms with Crippen molar-refractivity contribution < 1.29 is 14.8 Å². The van der Waals surface area contributed by atoms with Gasteiger partial charge in [-0.3, -0.25) is 19.8 Å². The standard InChI is InChI=1S/C20H21BrN4O4/c21-17-3-1-14(2-4-17)13-24-9-7-15(8-10-24)20(27)23-22-12-16-11-18(25(28)29)5-6-19(16)26/h1-6,11-12,15,26H,7-10,13H2,(H,23,27)/b22-12-. The van der Waals surface area contributed by atoms with Gasteiger partial charge in [-0.15, -0.1) is 0 Å². The minimum Gasteiger partial charge on any atom is -0.507 e. The summed E-state index contributed by atoms with van der Waals surface area (Å²) < 4.78 is 1.05. The van der Waals surface area contributed by atoms with E-state index in [0.717, 1.165) is 36.9 Å². The number of phenols is 1. The highest BCUT2D eigenvalue weighted by atomic mass is 79.9. The largest absolute Gasteiger partial charge is 0.507 e. The van der Waals surface area contributed by atoms with Crippen LogP contribution >= 0.6 is 15.9 Å². The number of hydrogen-bond donors (Lipinski definition) is 2. The van der Waals surface area contributed by atoms with Gasteiger partial charge in [-0.05, 0) is 49.7 Å². The lowest BCUT2D eigenvalue weighted by Gasteiger charge is -2.30. The number of amides is 1. The highest BCUT2D eigenvalue weighted by Gasteiger charge is 2.24. The molecule has 2 aromatic rings. The Bertz CT molecular complexity index is 909. The Kier molecular flexibility index (Phi) is 6.95. The van der Waals surface area contributed by atoms with E-state index in [9.17, 15) is 20.0 Å². The fraction of sp³-hybridized carbons (Fsp3) is 0.300. The SMILES string of the molecule is O=C(N/N=C\c1cc([N+](=O)[O-])ccc1O)C1CCN(Cc2ccc(Br)cc2)CC1. The highest BCUT2D eigenvalue weighted by molar-refractivity contribution is 9.10. The van der Waals surface area contributed by atoms with Gasteiger partial charge in [-0.2, -0.15) is 5.10 Å². The van der Waals surface area contributed by atoms with Gasteiger partial charge < -0.3 is 5.11 Å². The molecule has 0 unspecified atom stereocenters. The van der Waals surface area contributed by atoms with Gasteiger partial charge in [-0.25, -0.2) is 5.43 Å². The lowest BCUT2D eigenvalue weighted by atomic mass is 9.96. The molecule has 0 radical (unpaired) electrons. The molecule has 0 aliphatic carbocycles. The maximum absolute atomic E-state index is 12.3. The van der Waals surface area contributed by atoms with E-state index in [1.165, 1.54) is 30.0 Å². The van der Waals surface area contributed by atoms with Gasteiger partial charge >= 0.3 is 0 Å². The van der Waals surface area contributed by atoms with Crippen molar-refractivity contribution >= 4 is 33.7 Å². The molecule has 0 atom stereocenters. The van der Waals surface area contributed by atoms with E-state index in [2.05, 4.69) is 43.5 Å².